The summed E-state index contributed by atoms with van der Waals surface area (Å²) in [5.74, 6) is 1.50. The van der Waals surface area contributed by atoms with Crippen LogP contribution >= 0.6 is 0 Å². The molecule has 128 valence electrons. The maximum absolute atomic E-state index is 6.90. The number of ether oxygens (including phenoxy) is 1. The molecule has 2 nitrogen and oxygen atoms in total. The molecule has 0 amide bonds. The van der Waals surface area contributed by atoms with Crippen molar-refractivity contribution in [1.29, 1.82) is 0 Å². The van der Waals surface area contributed by atoms with Gasteiger partial charge in [-0.3, -0.25) is 0 Å². The van der Waals surface area contributed by atoms with Gasteiger partial charge in [0.15, 0.2) is 8.32 Å². The summed E-state index contributed by atoms with van der Waals surface area (Å²) in [6.07, 6.45) is 7.16. The van der Waals surface area contributed by atoms with Crippen molar-refractivity contribution in [2.24, 2.45) is 17.3 Å². The molecule has 3 aliphatic rings. The Balaban J connectivity index is 1.78. The third-order valence-electron chi connectivity index (χ3n) is 7.65. The summed E-state index contributed by atoms with van der Waals surface area (Å²) in [7, 11) is -1.67. The molecule has 5 atom stereocenters. The van der Waals surface area contributed by atoms with Gasteiger partial charge < -0.3 is 9.16 Å². The molecule has 0 aromatic heterocycles. The monoisotopic (exact) mass is 324 g/mol. The summed E-state index contributed by atoms with van der Waals surface area (Å²) >= 11 is 0. The van der Waals surface area contributed by atoms with Crippen molar-refractivity contribution in [2.75, 3.05) is 6.61 Å². The van der Waals surface area contributed by atoms with Crippen LogP contribution in [0.3, 0.4) is 0 Å². The van der Waals surface area contributed by atoms with E-state index >= 15 is 0 Å². The Bertz CT molecular complexity index is 435. The van der Waals surface area contributed by atoms with Gasteiger partial charge in [-0.2, -0.15) is 0 Å². The van der Waals surface area contributed by atoms with E-state index < -0.39 is 8.32 Å². The minimum Gasteiger partial charge on any atom is -0.414 e. The average molecular weight is 325 g/mol. The average Bonchev–Trinajstić information content (AvgIpc) is 2.98. The molecule has 0 N–H and O–H groups in total. The highest BCUT2D eigenvalue weighted by Crippen LogP contribution is 2.62. The molecule has 1 aliphatic heterocycles. The lowest BCUT2D eigenvalue weighted by Crippen LogP contribution is -2.50. The van der Waals surface area contributed by atoms with Crippen LogP contribution in [-0.4, -0.2) is 26.6 Å². The zero-order valence-electron chi connectivity index (χ0n) is 15.8. The molecule has 1 saturated heterocycles. The van der Waals surface area contributed by atoms with Crippen LogP contribution in [-0.2, 0) is 9.16 Å². The fraction of sp³-hybridized carbons (Fsp3) is 1.00. The predicted molar refractivity (Wildman–Crippen MR) is 94.6 cm³/mol. The summed E-state index contributed by atoms with van der Waals surface area (Å²) < 4.78 is 12.8. The molecule has 0 aromatic carbocycles. The lowest BCUT2D eigenvalue weighted by Gasteiger charge is -2.49. The molecule has 1 heterocycles. The highest BCUT2D eigenvalue weighted by atomic mass is 28.4. The Morgan fingerprint density at radius 3 is 2.27 bits per heavy atom. The molecule has 5 unspecified atom stereocenters. The molecule has 3 rings (SSSR count). The second-order valence-corrected chi connectivity index (χ2v) is 14.9. The molecule has 3 fully saturated rings. The smallest absolute Gasteiger partial charge is 0.192 e. The van der Waals surface area contributed by atoms with Crippen LogP contribution in [0.25, 0.3) is 0 Å². The van der Waals surface area contributed by atoms with E-state index in [0.717, 1.165) is 18.4 Å². The van der Waals surface area contributed by atoms with E-state index in [1.54, 1.807) is 0 Å². The maximum atomic E-state index is 6.90. The Labute approximate surface area is 138 Å². The van der Waals surface area contributed by atoms with Crippen molar-refractivity contribution < 1.29 is 9.16 Å². The van der Waals surface area contributed by atoms with Crippen molar-refractivity contribution in [3.8, 4) is 0 Å². The van der Waals surface area contributed by atoms with Gasteiger partial charge in [-0.25, -0.2) is 0 Å². The van der Waals surface area contributed by atoms with Gasteiger partial charge in [-0.15, -0.1) is 0 Å². The first-order chi connectivity index (χ1) is 10.00. The summed E-state index contributed by atoms with van der Waals surface area (Å²) in [4.78, 5) is 0. The van der Waals surface area contributed by atoms with E-state index in [1.165, 1.54) is 32.1 Å². The Kier molecular flexibility index (Phi) is 3.91. The van der Waals surface area contributed by atoms with Gasteiger partial charge in [-0.1, -0.05) is 34.1 Å². The molecule has 2 saturated carbocycles. The first kappa shape index (κ1) is 17.0. The second kappa shape index (κ2) is 5.06. The van der Waals surface area contributed by atoms with Gasteiger partial charge in [0.25, 0.3) is 0 Å². The fourth-order valence-corrected chi connectivity index (χ4v) is 6.53. The van der Waals surface area contributed by atoms with Gasteiger partial charge in [0.2, 0.25) is 0 Å². The molecule has 22 heavy (non-hydrogen) atoms. The number of epoxide rings is 1. The number of rotatable bonds is 3. The molecule has 0 bridgehead atoms. The molecule has 3 heteroatoms. The first-order valence-corrected chi connectivity index (χ1v) is 12.2. The van der Waals surface area contributed by atoms with Crippen molar-refractivity contribution >= 4 is 8.32 Å². The van der Waals surface area contributed by atoms with Crippen LogP contribution in [0, 0.1) is 17.3 Å². The minimum atomic E-state index is -1.67. The lowest BCUT2D eigenvalue weighted by atomic mass is 9.62. The van der Waals surface area contributed by atoms with E-state index in [-0.39, 0.29) is 5.60 Å². The highest BCUT2D eigenvalue weighted by Gasteiger charge is 2.62. The molecule has 0 spiro atoms. The van der Waals surface area contributed by atoms with Crippen molar-refractivity contribution in [3.63, 3.8) is 0 Å². The van der Waals surface area contributed by atoms with E-state index in [9.17, 15) is 0 Å². The fourth-order valence-electron chi connectivity index (χ4n) is 5.13. The van der Waals surface area contributed by atoms with Gasteiger partial charge in [0, 0.05) is 6.10 Å². The van der Waals surface area contributed by atoms with Crippen LogP contribution < -0.4 is 0 Å². The summed E-state index contributed by atoms with van der Waals surface area (Å²) in [6.45, 7) is 17.8. The molecule has 0 aromatic rings. The zero-order valence-corrected chi connectivity index (χ0v) is 16.8. The van der Waals surface area contributed by atoms with Crippen LogP contribution in [0.15, 0.2) is 0 Å². The standard InChI is InChI=1S/C19H36O2Si/c1-17(2,3)22(6,7)21-15-9-8-12-18(4)14(15)10-11-16(18)19(5)13-20-19/h14-16H,8-13H2,1-7H3. The predicted octanol–water partition coefficient (Wildman–Crippen LogP) is 5.38. The van der Waals surface area contributed by atoms with E-state index in [0.29, 0.717) is 16.6 Å². The SMILES string of the molecule is CC1(C2CCC3C(O[Si](C)(C)C(C)(C)C)CCCC32C)CO1. The number of fused-ring (bicyclic) bond motifs is 1. The maximum Gasteiger partial charge on any atom is 0.192 e. The first-order valence-electron chi connectivity index (χ1n) is 9.31. The van der Waals surface area contributed by atoms with Gasteiger partial charge in [-0.05, 0) is 68.0 Å². The summed E-state index contributed by atoms with van der Waals surface area (Å²) in [5, 5.41) is 0.310. The lowest BCUT2D eigenvalue weighted by molar-refractivity contribution is -0.0251. The molecular weight excluding hydrogens is 288 g/mol. The Hall–Kier alpha value is 0.137. The molecular formula is C19H36O2Si. The second-order valence-electron chi connectivity index (χ2n) is 10.2. The van der Waals surface area contributed by atoms with Gasteiger partial charge in [0.05, 0.1) is 12.2 Å². The molecule has 0 radical (unpaired) electrons. The van der Waals surface area contributed by atoms with Crippen molar-refractivity contribution in [3.05, 3.63) is 0 Å². The Morgan fingerprint density at radius 1 is 1.09 bits per heavy atom. The number of hydrogen-bond donors (Lipinski definition) is 0. The van der Waals surface area contributed by atoms with E-state index in [4.69, 9.17) is 9.16 Å². The van der Waals surface area contributed by atoms with Crippen LogP contribution in [0.5, 0.6) is 0 Å². The normalized spacial score (nSPS) is 45.7. The highest BCUT2D eigenvalue weighted by molar-refractivity contribution is 6.74. The van der Waals surface area contributed by atoms with E-state index in [2.05, 4.69) is 47.7 Å². The van der Waals surface area contributed by atoms with Crippen LogP contribution in [0.4, 0.5) is 0 Å². The van der Waals surface area contributed by atoms with Crippen LogP contribution in [0.2, 0.25) is 18.1 Å². The van der Waals surface area contributed by atoms with Crippen molar-refractivity contribution in [1.82, 2.24) is 0 Å². The van der Waals surface area contributed by atoms with E-state index in [1.807, 2.05) is 0 Å². The van der Waals surface area contributed by atoms with Gasteiger partial charge >= 0.3 is 0 Å². The quantitative estimate of drug-likeness (QED) is 0.513. The van der Waals surface area contributed by atoms with Crippen LogP contribution in [0.1, 0.15) is 66.7 Å². The summed E-state index contributed by atoms with van der Waals surface area (Å²) in [6, 6.07) is 0. The zero-order chi connectivity index (χ0) is 16.4. The molecule has 2 aliphatic carbocycles. The third kappa shape index (κ3) is 2.61. The third-order valence-corrected chi connectivity index (χ3v) is 12.2. The summed E-state index contributed by atoms with van der Waals surface area (Å²) in [5.41, 5.74) is 0.624. The number of hydrogen-bond acceptors (Lipinski definition) is 2. The minimum absolute atomic E-state index is 0.183. The van der Waals surface area contributed by atoms with Gasteiger partial charge in [0.1, 0.15) is 0 Å². The Morgan fingerprint density at radius 2 is 1.73 bits per heavy atom. The topological polar surface area (TPSA) is 21.8 Å². The largest absolute Gasteiger partial charge is 0.414 e. The van der Waals surface area contributed by atoms with Crippen molar-refractivity contribution in [2.45, 2.75) is 96.6 Å².